The molecule has 1 aliphatic rings. The lowest BCUT2D eigenvalue weighted by Gasteiger charge is -2.44. The molecular weight excluding hydrogens is 234 g/mol. The molecule has 1 N–H and O–H groups in total. The Morgan fingerprint density at radius 1 is 1.00 bits per heavy atom. The Morgan fingerprint density at radius 2 is 1.58 bits per heavy atom. The molecule has 1 saturated heterocycles. The highest BCUT2D eigenvalue weighted by Crippen LogP contribution is 2.40. The molecule has 0 bridgehead atoms. The monoisotopic (exact) mass is 261 g/mol. The molecule has 1 atom stereocenters. The highest BCUT2D eigenvalue weighted by atomic mass is 16.3. The third-order valence-electron chi connectivity index (χ3n) is 4.39. The van der Waals surface area contributed by atoms with Gasteiger partial charge in [-0.1, -0.05) is 57.5 Å². The summed E-state index contributed by atoms with van der Waals surface area (Å²) in [5.74, 6) is 0. The van der Waals surface area contributed by atoms with Crippen LogP contribution >= 0.6 is 0 Å². The molecule has 1 heterocycles. The van der Waals surface area contributed by atoms with Gasteiger partial charge in [-0.3, -0.25) is 0 Å². The molecule has 0 radical (unpaired) electrons. The number of hydrogen-bond acceptors (Lipinski definition) is 2. The van der Waals surface area contributed by atoms with E-state index in [0.29, 0.717) is 0 Å². The van der Waals surface area contributed by atoms with E-state index in [-0.39, 0.29) is 5.41 Å². The molecule has 2 heteroatoms. The van der Waals surface area contributed by atoms with Gasteiger partial charge in [0.25, 0.3) is 0 Å². The average Bonchev–Trinajstić information content (AvgIpc) is 2.39. The third-order valence-corrected chi connectivity index (χ3v) is 4.39. The van der Waals surface area contributed by atoms with Crippen molar-refractivity contribution in [1.82, 2.24) is 4.90 Å². The van der Waals surface area contributed by atoms with Crippen LogP contribution in [0.25, 0.3) is 0 Å². The summed E-state index contributed by atoms with van der Waals surface area (Å²) in [7, 11) is 0. The largest absolute Gasteiger partial charge is 0.383 e. The maximum Gasteiger partial charge on any atom is 0.107 e. The van der Waals surface area contributed by atoms with Crippen molar-refractivity contribution in [3.63, 3.8) is 0 Å². The summed E-state index contributed by atoms with van der Waals surface area (Å²) in [5, 5.41) is 11.3. The fourth-order valence-electron chi connectivity index (χ4n) is 2.92. The highest BCUT2D eigenvalue weighted by molar-refractivity contribution is 5.25. The van der Waals surface area contributed by atoms with Crippen LogP contribution in [-0.4, -0.2) is 29.6 Å². The molecule has 19 heavy (non-hydrogen) atoms. The Morgan fingerprint density at radius 3 is 2.11 bits per heavy atom. The molecule has 106 valence electrons. The number of nitrogens with zero attached hydrogens (tertiary/aromatic N) is 1. The molecule has 1 aliphatic heterocycles. The number of hydrogen-bond donors (Lipinski definition) is 1. The van der Waals surface area contributed by atoms with Crippen LogP contribution in [0.1, 0.15) is 45.6 Å². The second kappa shape index (κ2) is 5.64. The molecule has 0 saturated carbocycles. The lowest BCUT2D eigenvalue weighted by atomic mass is 9.71. The number of β-amino-alcohol motifs (C(OH)–C–C–N with tert-alkyl or cyclic N) is 1. The van der Waals surface area contributed by atoms with Gasteiger partial charge < -0.3 is 10.0 Å². The van der Waals surface area contributed by atoms with Crippen molar-refractivity contribution in [2.75, 3.05) is 19.6 Å². The van der Waals surface area contributed by atoms with Gasteiger partial charge in [0, 0.05) is 6.54 Å². The summed E-state index contributed by atoms with van der Waals surface area (Å²) < 4.78 is 0. The number of likely N-dealkylation sites (tertiary alicyclic amines) is 1. The molecule has 1 unspecified atom stereocenters. The highest BCUT2D eigenvalue weighted by Gasteiger charge is 2.42. The minimum atomic E-state index is -0.786. The second-order valence-corrected chi connectivity index (χ2v) is 6.81. The van der Waals surface area contributed by atoms with Crippen LogP contribution in [0.15, 0.2) is 30.3 Å². The topological polar surface area (TPSA) is 23.5 Å². The molecule has 1 aromatic rings. The summed E-state index contributed by atoms with van der Waals surface area (Å²) in [5.41, 5.74) is 0.0743. The first-order chi connectivity index (χ1) is 8.93. The van der Waals surface area contributed by atoms with Crippen molar-refractivity contribution >= 4 is 0 Å². The van der Waals surface area contributed by atoms with Crippen LogP contribution in [0.3, 0.4) is 0 Å². The smallest absolute Gasteiger partial charge is 0.107 e. The predicted molar refractivity (Wildman–Crippen MR) is 80.1 cm³/mol. The molecular formula is C17H27NO. The average molecular weight is 261 g/mol. The van der Waals surface area contributed by atoms with Crippen molar-refractivity contribution in [3.05, 3.63) is 35.9 Å². The van der Waals surface area contributed by atoms with E-state index >= 15 is 0 Å². The van der Waals surface area contributed by atoms with Crippen LogP contribution in [0.2, 0.25) is 0 Å². The van der Waals surface area contributed by atoms with Crippen LogP contribution in [0.5, 0.6) is 0 Å². The van der Waals surface area contributed by atoms with Gasteiger partial charge in [-0.25, -0.2) is 0 Å². The zero-order valence-corrected chi connectivity index (χ0v) is 12.5. The molecule has 0 amide bonds. The van der Waals surface area contributed by atoms with Gasteiger partial charge in [0.1, 0.15) is 5.60 Å². The van der Waals surface area contributed by atoms with Crippen molar-refractivity contribution in [3.8, 4) is 0 Å². The molecule has 1 fully saturated rings. The quantitative estimate of drug-likeness (QED) is 0.901. The van der Waals surface area contributed by atoms with Gasteiger partial charge in [0.2, 0.25) is 0 Å². The minimum absolute atomic E-state index is 0.175. The number of aliphatic hydroxyl groups is 1. The van der Waals surface area contributed by atoms with Gasteiger partial charge in [-0.2, -0.15) is 0 Å². The minimum Gasteiger partial charge on any atom is -0.383 e. The fraction of sp³-hybridized carbons (Fsp3) is 0.647. The summed E-state index contributed by atoms with van der Waals surface area (Å²) >= 11 is 0. The van der Waals surface area contributed by atoms with E-state index in [1.165, 1.54) is 19.3 Å². The summed E-state index contributed by atoms with van der Waals surface area (Å²) in [6.07, 6.45) is 3.85. The van der Waals surface area contributed by atoms with E-state index in [1.807, 2.05) is 18.2 Å². The Bertz CT molecular complexity index is 389. The Hall–Kier alpha value is -0.860. The standard InChI is InChI=1S/C17H27NO/c1-16(2,3)17(19,15-10-6-4-7-11-15)14-18-12-8-5-9-13-18/h4,6-7,10-11,19H,5,8-9,12-14H2,1-3H3. The van der Waals surface area contributed by atoms with Gasteiger partial charge in [-0.05, 0) is 36.9 Å². The number of rotatable bonds is 3. The Kier molecular flexibility index (Phi) is 4.32. The normalized spacial score (nSPS) is 21.1. The van der Waals surface area contributed by atoms with Crippen molar-refractivity contribution < 1.29 is 5.11 Å². The van der Waals surface area contributed by atoms with E-state index in [1.54, 1.807) is 0 Å². The summed E-state index contributed by atoms with van der Waals surface area (Å²) in [6.45, 7) is 9.36. The predicted octanol–water partition coefficient (Wildman–Crippen LogP) is 3.41. The molecule has 1 aromatic carbocycles. The molecule has 0 spiro atoms. The summed E-state index contributed by atoms with van der Waals surface area (Å²) in [6, 6.07) is 10.1. The molecule has 0 aromatic heterocycles. The van der Waals surface area contributed by atoms with Crippen LogP contribution < -0.4 is 0 Å². The van der Waals surface area contributed by atoms with Crippen LogP contribution in [0.4, 0.5) is 0 Å². The lowest BCUT2D eigenvalue weighted by Crippen LogP contribution is -2.50. The first-order valence-electron chi connectivity index (χ1n) is 7.44. The SMILES string of the molecule is CC(C)(C)C(O)(CN1CCCCC1)c1ccccc1. The third kappa shape index (κ3) is 3.18. The van der Waals surface area contributed by atoms with Crippen LogP contribution in [-0.2, 0) is 5.60 Å². The number of piperidine rings is 1. The van der Waals surface area contributed by atoms with Crippen molar-refractivity contribution in [2.24, 2.45) is 5.41 Å². The van der Waals surface area contributed by atoms with E-state index in [2.05, 4.69) is 37.8 Å². The van der Waals surface area contributed by atoms with E-state index in [0.717, 1.165) is 25.2 Å². The Labute approximate surface area is 117 Å². The maximum atomic E-state index is 11.3. The van der Waals surface area contributed by atoms with Crippen molar-refractivity contribution in [1.29, 1.82) is 0 Å². The lowest BCUT2D eigenvalue weighted by molar-refractivity contribution is -0.0892. The molecule has 2 rings (SSSR count). The van der Waals surface area contributed by atoms with E-state index in [9.17, 15) is 5.11 Å². The first-order valence-corrected chi connectivity index (χ1v) is 7.44. The second-order valence-electron chi connectivity index (χ2n) is 6.81. The zero-order valence-electron chi connectivity index (χ0n) is 12.5. The zero-order chi connectivity index (χ0) is 13.9. The summed E-state index contributed by atoms with van der Waals surface area (Å²) in [4.78, 5) is 2.42. The van der Waals surface area contributed by atoms with Crippen molar-refractivity contribution in [2.45, 2.75) is 45.6 Å². The Balaban J connectivity index is 2.25. The van der Waals surface area contributed by atoms with Crippen LogP contribution in [0, 0.1) is 5.41 Å². The van der Waals surface area contributed by atoms with Gasteiger partial charge in [0.15, 0.2) is 0 Å². The van der Waals surface area contributed by atoms with E-state index in [4.69, 9.17) is 0 Å². The van der Waals surface area contributed by atoms with Gasteiger partial charge >= 0.3 is 0 Å². The van der Waals surface area contributed by atoms with E-state index < -0.39 is 5.60 Å². The number of benzene rings is 1. The maximum absolute atomic E-state index is 11.3. The molecule has 2 nitrogen and oxygen atoms in total. The van der Waals surface area contributed by atoms with Gasteiger partial charge in [-0.15, -0.1) is 0 Å². The fourth-order valence-corrected chi connectivity index (χ4v) is 2.92. The first kappa shape index (κ1) is 14.5. The molecule has 0 aliphatic carbocycles. The van der Waals surface area contributed by atoms with Gasteiger partial charge in [0.05, 0.1) is 0 Å².